The van der Waals surface area contributed by atoms with Gasteiger partial charge in [0.1, 0.15) is 11.5 Å². The zero-order chi connectivity index (χ0) is 14.4. The first-order valence-corrected chi connectivity index (χ1v) is 7.13. The summed E-state index contributed by atoms with van der Waals surface area (Å²) in [7, 11) is 1.76. The zero-order valence-electron chi connectivity index (χ0n) is 11.4. The van der Waals surface area contributed by atoms with Crippen molar-refractivity contribution in [1.29, 1.82) is 0 Å². The van der Waals surface area contributed by atoms with E-state index in [2.05, 4.69) is 38.1 Å². The second kappa shape index (κ2) is 7.09. The van der Waals surface area contributed by atoms with E-state index < -0.39 is 0 Å². The lowest BCUT2D eigenvalue weighted by Gasteiger charge is -2.09. The maximum Gasteiger partial charge on any atom is 0.238 e. The van der Waals surface area contributed by atoms with Crippen LogP contribution in [-0.2, 0) is 0 Å². The van der Waals surface area contributed by atoms with Gasteiger partial charge in [-0.3, -0.25) is 0 Å². The maximum absolute atomic E-state index is 5.72. The fourth-order valence-corrected chi connectivity index (χ4v) is 1.75. The lowest BCUT2D eigenvalue weighted by Crippen LogP contribution is -1.98. The van der Waals surface area contributed by atoms with Crippen molar-refractivity contribution in [1.82, 2.24) is 9.97 Å². The second-order valence-corrected chi connectivity index (χ2v) is 4.87. The quantitative estimate of drug-likeness (QED) is 0.867. The highest BCUT2D eigenvalue weighted by Crippen LogP contribution is 2.28. The molecule has 0 radical (unpaired) electrons. The van der Waals surface area contributed by atoms with Crippen LogP contribution in [0.1, 0.15) is 13.3 Å². The number of aromatic nitrogens is 2. The van der Waals surface area contributed by atoms with Crippen molar-refractivity contribution in [3.05, 3.63) is 34.9 Å². The molecule has 2 aromatic rings. The van der Waals surface area contributed by atoms with Gasteiger partial charge >= 0.3 is 0 Å². The van der Waals surface area contributed by atoms with Gasteiger partial charge in [0.2, 0.25) is 11.8 Å². The van der Waals surface area contributed by atoms with Crippen molar-refractivity contribution in [2.24, 2.45) is 0 Å². The van der Waals surface area contributed by atoms with Crippen LogP contribution in [0.4, 0.5) is 5.95 Å². The minimum Gasteiger partial charge on any atom is -0.494 e. The minimum atomic E-state index is 0.464. The molecular formula is C14H16BrN3O2. The Bertz CT molecular complexity index is 561. The Kier molecular flexibility index (Phi) is 5.17. The molecule has 2 rings (SSSR count). The summed E-state index contributed by atoms with van der Waals surface area (Å²) in [4.78, 5) is 8.31. The lowest BCUT2D eigenvalue weighted by molar-refractivity contribution is 0.317. The molecule has 0 amide bonds. The molecule has 1 N–H and O–H groups in total. The van der Waals surface area contributed by atoms with Crippen LogP contribution >= 0.6 is 15.9 Å². The van der Waals surface area contributed by atoms with Crippen LogP contribution in [0.5, 0.6) is 17.4 Å². The Hall–Kier alpha value is -1.82. The van der Waals surface area contributed by atoms with Crippen molar-refractivity contribution in [3.63, 3.8) is 0 Å². The van der Waals surface area contributed by atoms with Gasteiger partial charge < -0.3 is 14.8 Å². The topological polar surface area (TPSA) is 56.3 Å². The van der Waals surface area contributed by atoms with Gasteiger partial charge in [0.05, 0.1) is 17.3 Å². The van der Waals surface area contributed by atoms with E-state index in [0.717, 1.165) is 12.2 Å². The summed E-state index contributed by atoms with van der Waals surface area (Å²) in [6.45, 7) is 2.78. The van der Waals surface area contributed by atoms with E-state index in [9.17, 15) is 0 Å². The van der Waals surface area contributed by atoms with Crippen LogP contribution in [0, 0.1) is 0 Å². The van der Waals surface area contributed by atoms with Gasteiger partial charge in [-0.1, -0.05) is 6.92 Å². The van der Waals surface area contributed by atoms with E-state index in [0.29, 0.717) is 28.7 Å². The van der Waals surface area contributed by atoms with Gasteiger partial charge in [-0.05, 0) is 46.6 Å². The molecule has 0 saturated carbocycles. The summed E-state index contributed by atoms with van der Waals surface area (Å²) >= 11 is 3.36. The van der Waals surface area contributed by atoms with Crippen LogP contribution in [0.3, 0.4) is 0 Å². The standard InChI is InChI=1S/C14H16BrN3O2/c1-3-8-19-10-4-6-11(7-5-10)20-13-12(15)9-17-14(16-2)18-13/h4-7,9H,3,8H2,1-2H3,(H,16,17,18). The number of hydrogen-bond donors (Lipinski definition) is 1. The molecule has 0 fully saturated rings. The minimum absolute atomic E-state index is 0.464. The van der Waals surface area contributed by atoms with Gasteiger partial charge in [-0.2, -0.15) is 4.98 Å². The fraction of sp³-hybridized carbons (Fsp3) is 0.286. The predicted octanol–water partition coefficient (Wildman–Crippen LogP) is 3.86. The van der Waals surface area contributed by atoms with Crippen LogP contribution in [0.15, 0.2) is 34.9 Å². The summed E-state index contributed by atoms with van der Waals surface area (Å²) in [5.74, 6) is 2.49. The van der Waals surface area contributed by atoms with E-state index in [1.54, 1.807) is 13.2 Å². The molecule has 1 aromatic carbocycles. The molecule has 0 unspecified atom stereocenters. The van der Waals surface area contributed by atoms with E-state index >= 15 is 0 Å². The van der Waals surface area contributed by atoms with Crippen molar-refractivity contribution in [2.75, 3.05) is 19.0 Å². The Labute approximate surface area is 126 Å². The number of nitrogens with one attached hydrogen (secondary N) is 1. The summed E-state index contributed by atoms with van der Waals surface area (Å²) in [6.07, 6.45) is 2.63. The average molecular weight is 338 g/mol. The zero-order valence-corrected chi connectivity index (χ0v) is 13.0. The van der Waals surface area contributed by atoms with Gasteiger partial charge in [0, 0.05) is 7.05 Å². The normalized spacial score (nSPS) is 10.2. The Morgan fingerprint density at radius 1 is 1.20 bits per heavy atom. The van der Waals surface area contributed by atoms with Gasteiger partial charge in [0.15, 0.2) is 0 Å². The monoisotopic (exact) mass is 337 g/mol. The van der Waals surface area contributed by atoms with E-state index in [1.165, 1.54) is 0 Å². The van der Waals surface area contributed by atoms with Crippen molar-refractivity contribution >= 4 is 21.9 Å². The number of hydrogen-bond acceptors (Lipinski definition) is 5. The third-order valence-corrected chi connectivity index (χ3v) is 2.99. The van der Waals surface area contributed by atoms with Crippen molar-refractivity contribution < 1.29 is 9.47 Å². The van der Waals surface area contributed by atoms with Crippen molar-refractivity contribution in [3.8, 4) is 17.4 Å². The molecule has 1 heterocycles. The molecule has 0 aliphatic heterocycles. The molecule has 0 atom stereocenters. The van der Waals surface area contributed by atoms with Crippen LogP contribution in [0.2, 0.25) is 0 Å². The van der Waals surface area contributed by atoms with E-state index in [4.69, 9.17) is 9.47 Å². The first-order valence-electron chi connectivity index (χ1n) is 6.34. The average Bonchev–Trinajstić information content (AvgIpc) is 2.49. The molecule has 0 spiro atoms. The highest BCUT2D eigenvalue weighted by atomic mass is 79.9. The Morgan fingerprint density at radius 3 is 2.55 bits per heavy atom. The molecule has 5 nitrogen and oxygen atoms in total. The summed E-state index contributed by atoms with van der Waals surface area (Å²) in [5.41, 5.74) is 0. The third-order valence-electron chi connectivity index (χ3n) is 2.45. The summed E-state index contributed by atoms with van der Waals surface area (Å²) in [5, 5.41) is 2.87. The number of halogens is 1. The predicted molar refractivity (Wildman–Crippen MR) is 81.6 cm³/mol. The Morgan fingerprint density at radius 2 is 1.90 bits per heavy atom. The smallest absolute Gasteiger partial charge is 0.238 e. The summed E-state index contributed by atoms with van der Waals surface area (Å²) in [6, 6.07) is 7.44. The molecule has 20 heavy (non-hydrogen) atoms. The molecule has 1 aromatic heterocycles. The first-order chi connectivity index (χ1) is 9.72. The molecule has 0 bridgehead atoms. The number of anilines is 1. The number of ether oxygens (including phenoxy) is 2. The largest absolute Gasteiger partial charge is 0.494 e. The molecule has 0 aliphatic rings. The lowest BCUT2D eigenvalue weighted by atomic mass is 10.3. The van der Waals surface area contributed by atoms with Crippen LogP contribution in [-0.4, -0.2) is 23.6 Å². The molecule has 6 heteroatoms. The first kappa shape index (κ1) is 14.6. The van der Waals surface area contributed by atoms with Gasteiger partial charge in [-0.25, -0.2) is 4.98 Å². The van der Waals surface area contributed by atoms with Crippen LogP contribution < -0.4 is 14.8 Å². The highest BCUT2D eigenvalue weighted by Gasteiger charge is 2.07. The van der Waals surface area contributed by atoms with Gasteiger partial charge in [0.25, 0.3) is 0 Å². The summed E-state index contributed by atoms with van der Waals surface area (Å²) < 4.78 is 11.9. The molecule has 0 aliphatic carbocycles. The third kappa shape index (κ3) is 3.84. The molecular weight excluding hydrogens is 322 g/mol. The van der Waals surface area contributed by atoms with Gasteiger partial charge in [-0.15, -0.1) is 0 Å². The molecule has 106 valence electrons. The van der Waals surface area contributed by atoms with E-state index in [-0.39, 0.29) is 0 Å². The number of benzene rings is 1. The van der Waals surface area contributed by atoms with Crippen molar-refractivity contribution in [2.45, 2.75) is 13.3 Å². The Balaban J connectivity index is 2.09. The SMILES string of the molecule is CCCOc1ccc(Oc2nc(NC)ncc2Br)cc1. The second-order valence-electron chi connectivity index (χ2n) is 4.02. The maximum atomic E-state index is 5.72. The van der Waals surface area contributed by atoms with Crippen LogP contribution in [0.25, 0.3) is 0 Å². The highest BCUT2D eigenvalue weighted by molar-refractivity contribution is 9.10. The van der Waals surface area contributed by atoms with E-state index in [1.807, 2.05) is 24.3 Å². The molecule has 0 saturated heterocycles. The fourth-order valence-electron chi connectivity index (χ4n) is 1.48. The number of rotatable bonds is 6. The number of nitrogens with zero attached hydrogens (tertiary/aromatic N) is 2.